The van der Waals surface area contributed by atoms with Gasteiger partial charge in [-0.25, -0.2) is 4.39 Å². The predicted octanol–water partition coefficient (Wildman–Crippen LogP) is 2.40. The van der Waals surface area contributed by atoms with Gasteiger partial charge in [-0.2, -0.15) is 0 Å². The summed E-state index contributed by atoms with van der Waals surface area (Å²) in [5.74, 6) is -0.282. The van der Waals surface area contributed by atoms with Crippen LogP contribution < -0.4 is 10.6 Å². The minimum atomic E-state index is -0.430. The molecule has 0 bridgehead atoms. The average molecular weight is 324 g/mol. The highest BCUT2D eigenvalue weighted by Gasteiger charge is 2.22. The van der Waals surface area contributed by atoms with Crippen molar-refractivity contribution in [1.29, 1.82) is 0 Å². The number of carbonyl (C=O) groups is 2. The second-order valence-electron chi connectivity index (χ2n) is 5.42. The molecule has 1 fully saturated rings. The van der Waals surface area contributed by atoms with Crippen LogP contribution >= 0.6 is 11.8 Å². The Hall–Kier alpha value is -1.56. The van der Waals surface area contributed by atoms with E-state index in [1.807, 2.05) is 13.0 Å². The van der Waals surface area contributed by atoms with Crippen molar-refractivity contribution in [2.75, 3.05) is 12.3 Å². The lowest BCUT2D eigenvalue weighted by Crippen LogP contribution is -2.46. The monoisotopic (exact) mass is 324 g/mol. The third-order valence-corrected chi connectivity index (χ3v) is 4.85. The van der Waals surface area contributed by atoms with Crippen LogP contribution in [0.5, 0.6) is 0 Å². The van der Waals surface area contributed by atoms with Gasteiger partial charge < -0.3 is 10.6 Å². The molecule has 2 amide bonds. The third kappa shape index (κ3) is 5.02. The van der Waals surface area contributed by atoms with Crippen molar-refractivity contribution in [2.45, 2.75) is 37.5 Å². The molecule has 1 aromatic rings. The molecule has 0 aromatic heterocycles. The zero-order valence-corrected chi connectivity index (χ0v) is 13.4. The number of rotatable bonds is 5. The van der Waals surface area contributed by atoms with Gasteiger partial charge in [-0.3, -0.25) is 9.59 Å². The van der Waals surface area contributed by atoms with Crippen molar-refractivity contribution in [3.8, 4) is 0 Å². The first-order chi connectivity index (χ1) is 10.6. The molecule has 0 spiro atoms. The van der Waals surface area contributed by atoms with Crippen LogP contribution in [0.3, 0.4) is 0 Å². The number of hydrogen-bond donors (Lipinski definition) is 2. The van der Waals surface area contributed by atoms with Crippen LogP contribution in [-0.4, -0.2) is 30.2 Å². The molecule has 1 aromatic carbocycles. The number of hydrogen-bond acceptors (Lipinski definition) is 3. The standard InChI is InChI=1S/C16H21FN2O2S/c1-11(12-5-4-6-13(17)9-12)22-10-15(20)19-14-7-2-3-8-18-16(14)21/h4-6,9,11,14H,2-3,7-8,10H2,1H3,(H,18,21)(H,19,20)/t11-,14+/m1/s1. The van der Waals surface area contributed by atoms with E-state index < -0.39 is 6.04 Å². The molecule has 0 unspecified atom stereocenters. The molecule has 2 rings (SSSR count). The lowest BCUT2D eigenvalue weighted by Gasteiger charge is -2.16. The topological polar surface area (TPSA) is 58.2 Å². The lowest BCUT2D eigenvalue weighted by atomic mass is 10.1. The smallest absolute Gasteiger partial charge is 0.242 e. The number of carbonyl (C=O) groups excluding carboxylic acids is 2. The molecular weight excluding hydrogens is 303 g/mol. The Balaban J connectivity index is 1.80. The predicted molar refractivity (Wildman–Crippen MR) is 86.1 cm³/mol. The fourth-order valence-electron chi connectivity index (χ4n) is 2.37. The zero-order valence-electron chi connectivity index (χ0n) is 12.6. The van der Waals surface area contributed by atoms with Gasteiger partial charge in [0.05, 0.1) is 5.75 Å². The van der Waals surface area contributed by atoms with Crippen LogP contribution in [0.15, 0.2) is 24.3 Å². The maximum absolute atomic E-state index is 13.2. The number of benzene rings is 1. The maximum atomic E-state index is 13.2. The molecule has 0 radical (unpaired) electrons. The first-order valence-electron chi connectivity index (χ1n) is 7.50. The van der Waals surface area contributed by atoms with Crippen molar-refractivity contribution >= 4 is 23.6 Å². The van der Waals surface area contributed by atoms with Crippen LogP contribution in [0.2, 0.25) is 0 Å². The Bertz CT molecular complexity index is 539. The molecule has 6 heteroatoms. The van der Waals surface area contributed by atoms with E-state index in [0.717, 1.165) is 18.4 Å². The van der Waals surface area contributed by atoms with Crippen LogP contribution in [0, 0.1) is 5.82 Å². The van der Waals surface area contributed by atoms with Crippen molar-refractivity contribution in [1.82, 2.24) is 10.6 Å². The lowest BCUT2D eigenvalue weighted by molar-refractivity contribution is -0.127. The number of halogens is 1. The fraction of sp³-hybridized carbons (Fsp3) is 0.500. The normalized spacial score (nSPS) is 19.9. The second-order valence-corrected chi connectivity index (χ2v) is 6.74. The van der Waals surface area contributed by atoms with Gasteiger partial charge >= 0.3 is 0 Å². The Morgan fingerprint density at radius 1 is 1.50 bits per heavy atom. The fourth-order valence-corrected chi connectivity index (χ4v) is 3.19. The molecule has 2 atom stereocenters. The van der Waals surface area contributed by atoms with Gasteiger partial charge in [-0.1, -0.05) is 12.1 Å². The van der Waals surface area contributed by atoms with Gasteiger partial charge in [0.2, 0.25) is 11.8 Å². The summed E-state index contributed by atoms with van der Waals surface area (Å²) in [5, 5.41) is 5.59. The average Bonchev–Trinajstić information content (AvgIpc) is 2.70. The molecule has 2 N–H and O–H groups in total. The Morgan fingerprint density at radius 2 is 2.32 bits per heavy atom. The SMILES string of the molecule is C[C@@H](SCC(=O)N[C@H]1CCCCNC1=O)c1cccc(F)c1. The largest absolute Gasteiger partial charge is 0.354 e. The zero-order chi connectivity index (χ0) is 15.9. The summed E-state index contributed by atoms with van der Waals surface area (Å²) in [6.07, 6.45) is 2.56. The first kappa shape index (κ1) is 16.8. The van der Waals surface area contributed by atoms with Crippen LogP contribution in [0.4, 0.5) is 4.39 Å². The highest BCUT2D eigenvalue weighted by molar-refractivity contribution is 8.00. The molecule has 120 valence electrons. The molecule has 22 heavy (non-hydrogen) atoms. The highest BCUT2D eigenvalue weighted by Crippen LogP contribution is 2.28. The molecule has 1 heterocycles. The van der Waals surface area contributed by atoms with E-state index in [-0.39, 0.29) is 28.6 Å². The molecule has 0 saturated carbocycles. The summed E-state index contributed by atoms with van der Waals surface area (Å²) < 4.78 is 13.2. The quantitative estimate of drug-likeness (QED) is 0.874. The Labute approximate surface area is 134 Å². The van der Waals surface area contributed by atoms with Gasteiger partial charge in [0.1, 0.15) is 11.9 Å². The summed E-state index contributed by atoms with van der Waals surface area (Å²) >= 11 is 1.43. The Morgan fingerprint density at radius 3 is 3.09 bits per heavy atom. The van der Waals surface area contributed by atoms with Gasteiger partial charge in [-0.15, -0.1) is 11.8 Å². The van der Waals surface area contributed by atoms with Gasteiger partial charge in [-0.05, 0) is 43.9 Å². The van der Waals surface area contributed by atoms with Crippen LogP contribution in [-0.2, 0) is 9.59 Å². The molecule has 1 saturated heterocycles. The summed E-state index contributed by atoms with van der Waals surface area (Å²) in [4.78, 5) is 23.8. The van der Waals surface area contributed by atoms with Crippen molar-refractivity contribution in [3.05, 3.63) is 35.6 Å². The third-order valence-electron chi connectivity index (χ3n) is 3.65. The van der Waals surface area contributed by atoms with Gasteiger partial charge in [0.25, 0.3) is 0 Å². The summed E-state index contributed by atoms with van der Waals surface area (Å²) in [6, 6.07) is 5.96. The highest BCUT2D eigenvalue weighted by atomic mass is 32.2. The van der Waals surface area contributed by atoms with E-state index in [9.17, 15) is 14.0 Å². The summed E-state index contributed by atoms with van der Waals surface area (Å²) in [7, 11) is 0. The Kier molecular flexibility index (Phi) is 6.24. The van der Waals surface area contributed by atoms with E-state index in [0.29, 0.717) is 13.0 Å². The molecule has 4 nitrogen and oxygen atoms in total. The second kappa shape index (κ2) is 8.17. The molecule has 0 aliphatic carbocycles. The number of nitrogens with one attached hydrogen (secondary N) is 2. The van der Waals surface area contributed by atoms with Crippen LogP contribution in [0.1, 0.15) is 37.0 Å². The van der Waals surface area contributed by atoms with Crippen LogP contribution in [0.25, 0.3) is 0 Å². The van der Waals surface area contributed by atoms with E-state index in [2.05, 4.69) is 10.6 Å². The minimum Gasteiger partial charge on any atom is -0.354 e. The summed E-state index contributed by atoms with van der Waals surface area (Å²) in [6.45, 7) is 2.61. The number of amides is 2. The van der Waals surface area contributed by atoms with E-state index >= 15 is 0 Å². The van der Waals surface area contributed by atoms with E-state index in [1.54, 1.807) is 6.07 Å². The van der Waals surface area contributed by atoms with Gasteiger partial charge in [0, 0.05) is 11.8 Å². The summed E-state index contributed by atoms with van der Waals surface area (Å²) in [5.41, 5.74) is 0.852. The minimum absolute atomic E-state index is 0.0180. The molecule has 1 aliphatic rings. The van der Waals surface area contributed by atoms with Crippen molar-refractivity contribution in [3.63, 3.8) is 0 Å². The van der Waals surface area contributed by atoms with Crippen molar-refractivity contribution < 1.29 is 14.0 Å². The molecular formula is C16H21FN2O2S. The maximum Gasteiger partial charge on any atom is 0.242 e. The van der Waals surface area contributed by atoms with Crippen molar-refractivity contribution in [2.24, 2.45) is 0 Å². The first-order valence-corrected chi connectivity index (χ1v) is 8.55. The van der Waals surface area contributed by atoms with Gasteiger partial charge in [0.15, 0.2) is 0 Å². The van der Waals surface area contributed by atoms with E-state index in [4.69, 9.17) is 0 Å². The molecule has 1 aliphatic heterocycles. The van der Waals surface area contributed by atoms with E-state index in [1.165, 1.54) is 23.9 Å². The number of thioether (sulfide) groups is 1.